The minimum absolute atomic E-state index is 1.25. The lowest BCUT2D eigenvalue weighted by atomic mass is 9.85. The lowest BCUT2D eigenvalue weighted by Crippen LogP contribution is -2.39. The molecule has 0 saturated carbocycles. The van der Waals surface area contributed by atoms with Crippen LogP contribution in [0.1, 0.15) is 33.4 Å². The first kappa shape index (κ1) is 29.9. The quantitative estimate of drug-likeness (QED) is 0.127. The highest BCUT2D eigenvalue weighted by molar-refractivity contribution is 6.27. The van der Waals surface area contributed by atoms with Crippen LogP contribution < -0.4 is 10.0 Å². The zero-order valence-electron chi connectivity index (χ0n) is 23.1. The van der Waals surface area contributed by atoms with Gasteiger partial charge in [0.25, 0.3) is 0 Å². The van der Waals surface area contributed by atoms with Crippen LogP contribution in [0.5, 0.6) is 0 Å². The van der Waals surface area contributed by atoms with E-state index in [2.05, 4.69) is 182 Å². The fraction of sp³-hybridized carbons (Fsp3) is 0. The topological polar surface area (TPSA) is 46.1 Å². The molecule has 0 bridgehead atoms. The summed E-state index contributed by atoms with van der Waals surface area (Å²) in [5, 5.41) is 16.6. The Hall–Kier alpha value is -5.03. The molecule has 0 fully saturated rings. The summed E-state index contributed by atoms with van der Waals surface area (Å²) in [6, 6.07) is 63.3. The van der Waals surface area contributed by atoms with E-state index in [4.69, 9.17) is 10.0 Å². The van der Waals surface area contributed by atoms with Crippen molar-refractivity contribution >= 4 is 7.40 Å². The van der Waals surface area contributed by atoms with E-state index >= 15 is 0 Å². The molecule has 0 atom stereocenters. The van der Waals surface area contributed by atoms with Gasteiger partial charge in [0.05, 0.1) is 45.2 Å². The molecule has 0 radical (unpaired) electrons. The Morgan fingerprint density at radius 3 is 0.548 bits per heavy atom. The van der Waals surface area contributed by atoms with Gasteiger partial charge in [-0.15, -0.1) is 0 Å². The predicted octanol–water partition coefficient (Wildman–Crippen LogP) is 7.07. The summed E-state index contributed by atoms with van der Waals surface area (Å²) in [6.07, 6.45) is 0. The molecule has 204 valence electrons. The zero-order chi connectivity index (χ0) is 29.4. The van der Waals surface area contributed by atoms with Gasteiger partial charge in [0, 0.05) is 0 Å². The fourth-order valence-electron chi connectivity index (χ4n) is 4.63. The van der Waals surface area contributed by atoms with Gasteiger partial charge < -0.3 is 14.4 Å². The van der Waals surface area contributed by atoms with Gasteiger partial charge in [0.15, 0.2) is 0 Å². The van der Waals surface area contributed by atoms with Crippen LogP contribution in [0.3, 0.4) is 0 Å². The minimum Gasteiger partial charge on any atom is -0.867 e. The van der Waals surface area contributed by atoms with Gasteiger partial charge in [-0.25, -0.2) is 0 Å². The zero-order valence-corrected chi connectivity index (χ0v) is 23.1. The van der Waals surface area contributed by atoms with Gasteiger partial charge in [-0.3, -0.25) is 0 Å². The minimum atomic E-state index is -3.17. The molecule has 0 amide bonds. The van der Waals surface area contributed by atoms with Gasteiger partial charge in [-0.1, -0.05) is 36.4 Å². The summed E-state index contributed by atoms with van der Waals surface area (Å²) < 4.78 is 9.89. The van der Waals surface area contributed by atoms with E-state index in [0.29, 0.717) is 0 Å². The molecular formula is C38H30BFO2. The van der Waals surface area contributed by atoms with Crippen LogP contribution in [0.2, 0.25) is 0 Å². The molecule has 0 aromatic heterocycles. The summed E-state index contributed by atoms with van der Waals surface area (Å²) in [6.45, 7) is 0. The Morgan fingerprint density at radius 1 is 0.310 bits per heavy atom. The molecule has 2 nitrogen and oxygen atoms in total. The van der Waals surface area contributed by atoms with E-state index in [1.807, 2.05) is 0 Å². The molecule has 0 aliphatic rings. The smallest absolute Gasteiger partial charge is 0.121 e. The summed E-state index contributed by atoms with van der Waals surface area (Å²) >= 11 is 0. The summed E-state index contributed by atoms with van der Waals surface area (Å²) in [7, 11) is -3.17. The third kappa shape index (κ3) is 9.00. The highest BCUT2D eigenvalue weighted by atomic mass is 19.1. The number of rotatable bonds is 6. The van der Waals surface area contributed by atoms with Crippen LogP contribution in [-0.4, -0.2) is 7.40 Å². The summed E-state index contributed by atoms with van der Waals surface area (Å²) in [4.78, 5) is 0. The Balaban J connectivity index is 0.000000171. The van der Waals surface area contributed by atoms with Crippen molar-refractivity contribution < 1.29 is 14.4 Å². The highest BCUT2D eigenvalue weighted by Crippen LogP contribution is 2.31. The maximum Gasteiger partial charge on any atom is 0.121 e. The largest absolute Gasteiger partial charge is 0.867 e. The molecule has 0 unspecified atom stereocenters. The summed E-state index contributed by atoms with van der Waals surface area (Å²) in [5.41, 5.74) is 7.50. The SMILES string of the molecule is [O-]B([O-])F.c1ccc([C+](c2ccccc2)c2ccccc2)cc1.c1ccc([C+](c2ccccc2)c2ccccc2)cc1. The van der Waals surface area contributed by atoms with Crippen molar-refractivity contribution in [1.82, 2.24) is 0 Å². The normalized spacial score (nSPS) is 9.79. The van der Waals surface area contributed by atoms with Crippen molar-refractivity contribution in [3.63, 3.8) is 0 Å². The number of hydrogen-bond acceptors (Lipinski definition) is 2. The van der Waals surface area contributed by atoms with Crippen molar-refractivity contribution in [2.75, 3.05) is 0 Å². The van der Waals surface area contributed by atoms with Crippen LogP contribution >= 0.6 is 0 Å². The first-order chi connectivity index (χ1) is 20.6. The third-order valence-corrected chi connectivity index (χ3v) is 6.37. The second kappa shape index (κ2) is 16.3. The van der Waals surface area contributed by atoms with E-state index in [9.17, 15) is 4.32 Å². The molecular weight excluding hydrogens is 518 g/mol. The lowest BCUT2D eigenvalue weighted by molar-refractivity contribution is -0.366. The van der Waals surface area contributed by atoms with Crippen LogP contribution in [0, 0.1) is 11.8 Å². The molecule has 42 heavy (non-hydrogen) atoms. The van der Waals surface area contributed by atoms with Crippen molar-refractivity contribution in [1.29, 1.82) is 0 Å². The molecule has 6 aromatic rings. The standard InChI is InChI=1S/2C19H15.BFO2/c2*1-4-10-16(11-5-1)19(17-12-6-2-7-13-17)18-14-8-3-9-15-18;2-1(3)4/h2*1-15H;/q2*+1;-2. The molecule has 6 aromatic carbocycles. The number of halogens is 1. The molecule has 0 heterocycles. The van der Waals surface area contributed by atoms with Crippen LogP contribution in [0.25, 0.3) is 0 Å². The third-order valence-electron chi connectivity index (χ3n) is 6.37. The Bertz CT molecular complexity index is 1230. The average molecular weight is 548 g/mol. The Labute approximate surface area is 248 Å². The maximum atomic E-state index is 9.89. The van der Waals surface area contributed by atoms with Crippen LogP contribution in [0.15, 0.2) is 182 Å². The van der Waals surface area contributed by atoms with Crippen molar-refractivity contribution in [3.05, 3.63) is 227 Å². The molecule has 0 spiro atoms. The molecule has 0 aliphatic heterocycles. The maximum absolute atomic E-state index is 9.89. The van der Waals surface area contributed by atoms with Crippen molar-refractivity contribution in [3.8, 4) is 0 Å². The highest BCUT2D eigenvalue weighted by Gasteiger charge is 2.22. The van der Waals surface area contributed by atoms with Crippen LogP contribution in [-0.2, 0) is 0 Å². The van der Waals surface area contributed by atoms with Gasteiger partial charge in [-0.2, -0.15) is 0 Å². The number of hydrogen-bond donors (Lipinski definition) is 0. The van der Waals surface area contributed by atoms with E-state index < -0.39 is 7.40 Å². The van der Waals surface area contributed by atoms with Gasteiger partial charge in [0.2, 0.25) is 0 Å². The van der Waals surface area contributed by atoms with E-state index in [0.717, 1.165) is 0 Å². The van der Waals surface area contributed by atoms with Gasteiger partial charge in [0.1, 0.15) is 7.40 Å². The second-order valence-electron chi connectivity index (χ2n) is 9.22. The molecule has 4 heteroatoms. The van der Waals surface area contributed by atoms with Crippen molar-refractivity contribution in [2.45, 2.75) is 0 Å². The number of benzene rings is 6. The predicted molar refractivity (Wildman–Crippen MR) is 167 cm³/mol. The average Bonchev–Trinajstić information content (AvgIpc) is 3.05. The Morgan fingerprint density at radius 2 is 0.429 bits per heavy atom. The van der Waals surface area contributed by atoms with Crippen LogP contribution in [0.4, 0.5) is 4.32 Å². The summed E-state index contributed by atoms with van der Waals surface area (Å²) in [5.74, 6) is 2.56. The fourth-order valence-corrected chi connectivity index (χ4v) is 4.63. The van der Waals surface area contributed by atoms with E-state index in [1.54, 1.807) is 0 Å². The Kier molecular flexibility index (Phi) is 11.6. The molecule has 0 aliphatic carbocycles. The van der Waals surface area contributed by atoms with Gasteiger partial charge in [-0.05, 0) is 146 Å². The monoisotopic (exact) mass is 548 g/mol. The first-order valence-corrected chi connectivity index (χ1v) is 13.7. The molecule has 0 saturated heterocycles. The molecule has 0 N–H and O–H groups in total. The van der Waals surface area contributed by atoms with E-state index in [-0.39, 0.29) is 0 Å². The van der Waals surface area contributed by atoms with Gasteiger partial charge >= 0.3 is 0 Å². The second-order valence-corrected chi connectivity index (χ2v) is 9.22. The lowest BCUT2D eigenvalue weighted by Gasteiger charge is -2.12. The molecule has 6 rings (SSSR count). The van der Waals surface area contributed by atoms with Crippen molar-refractivity contribution in [2.24, 2.45) is 0 Å². The first-order valence-electron chi connectivity index (χ1n) is 13.7. The van der Waals surface area contributed by atoms with E-state index in [1.165, 1.54) is 45.2 Å².